The lowest BCUT2D eigenvalue weighted by atomic mass is 9.98. The monoisotopic (exact) mass is 426 g/mol. The number of esters is 1. The summed E-state index contributed by atoms with van der Waals surface area (Å²) in [5.74, 6) is 0.516. The molecule has 0 aliphatic carbocycles. The Hall–Kier alpha value is -0.870. The molecule has 0 saturated carbocycles. The fraction of sp³-hybridized carbons (Fsp3) is 0.885. The average Bonchev–Trinajstić information content (AvgIpc) is 2.71. The van der Waals surface area contributed by atoms with Gasteiger partial charge in [0.2, 0.25) is 0 Å². The highest BCUT2D eigenvalue weighted by atomic mass is 16.5. The van der Waals surface area contributed by atoms with Crippen LogP contribution in [0.25, 0.3) is 0 Å². The van der Waals surface area contributed by atoms with Gasteiger partial charge in [0.1, 0.15) is 0 Å². The molecular formula is C26H50O4. The van der Waals surface area contributed by atoms with E-state index in [0.717, 1.165) is 51.4 Å². The minimum atomic E-state index is -0.627. The maximum absolute atomic E-state index is 11.9. The highest BCUT2D eigenvalue weighted by molar-refractivity contribution is 5.69. The molecule has 3 atom stereocenters. The third-order valence-electron chi connectivity index (χ3n) is 5.88. The van der Waals surface area contributed by atoms with Crippen molar-refractivity contribution in [2.45, 2.75) is 136 Å². The molecule has 0 aromatic rings. The van der Waals surface area contributed by atoms with Crippen LogP contribution in [-0.4, -0.2) is 35.0 Å². The fourth-order valence-corrected chi connectivity index (χ4v) is 3.52. The van der Waals surface area contributed by atoms with Crippen LogP contribution in [0, 0.1) is 5.92 Å². The van der Waals surface area contributed by atoms with Gasteiger partial charge in [-0.3, -0.25) is 4.79 Å². The molecule has 0 saturated heterocycles. The minimum Gasteiger partial charge on any atom is -0.466 e. The predicted octanol–water partition coefficient (Wildman–Crippen LogP) is 6.73. The van der Waals surface area contributed by atoms with Gasteiger partial charge >= 0.3 is 5.97 Å². The Morgan fingerprint density at radius 3 is 2.13 bits per heavy atom. The van der Waals surface area contributed by atoms with Crippen molar-refractivity contribution in [3.05, 3.63) is 11.6 Å². The van der Waals surface area contributed by atoms with E-state index in [1.807, 2.05) is 0 Å². The Morgan fingerprint density at radius 1 is 0.867 bits per heavy atom. The maximum Gasteiger partial charge on any atom is 0.305 e. The molecule has 0 rings (SSSR count). The summed E-state index contributed by atoms with van der Waals surface area (Å²) in [6.07, 6.45) is 16.9. The summed E-state index contributed by atoms with van der Waals surface area (Å²) < 4.78 is 5.37. The molecule has 0 aromatic heterocycles. The van der Waals surface area contributed by atoms with Crippen molar-refractivity contribution in [2.75, 3.05) is 6.61 Å². The van der Waals surface area contributed by atoms with Crippen LogP contribution in [0.3, 0.4) is 0 Å². The van der Waals surface area contributed by atoms with E-state index < -0.39 is 12.2 Å². The number of carbonyl (C=O) groups excluding carboxylic acids is 1. The maximum atomic E-state index is 11.9. The topological polar surface area (TPSA) is 66.8 Å². The summed E-state index contributed by atoms with van der Waals surface area (Å²) in [4.78, 5) is 11.9. The number of hydrogen-bond acceptors (Lipinski definition) is 4. The van der Waals surface area contributed by atoms with E-state index >= 15 is 0 Å². The van der Waals surface area contributed by atoms with Crippen molar-refractivity contribution in [1.82, 2.24) is 0 Å². The van der Waals surface area contributed by atoms with Gasteiger partial charge in [-0.25, -0.2) is 0 Å². The Labute approximate surface area is 186 Å². The number of aliphatic hydroxyl groups excluding tert-OH is 2. The molecular weight excluding hydrogens is 376 g/mol. The van der Waals surface area contributed by atoms with Crippen molar-refractivity contribution in [3.8, 4) is 0 Å². The highest BCUT2D eigenvalue weighted by Gasteiger charge is 2.09. The summed E-state index contributed by atoms with van der Waals surface area (Å²) in [5.41, 5.74) is 1.50. The lowest BCUT2D eigenvalue weighted by Crippen LogP contribution is -2.21. The largest absolute Gasteiger partial charge is 0.466 e. The zero-order valence-electron chi connectivity index (χ0n) is 20.3. The van der Waals surface area contributed by atoms with Gasteiger partial charge in [0.05, 0.1) is 18.8 Å². The molecule has 0 bridgehead atoms. The third kappa shape index (κ3) is 19.1. The minimum absolute atomic E-state index is 0.0480. The zero-order valence-corrected chi connectivity index (χ0v) is 20.3. The van der Waals surface area contributed by atoms with Crippen molar-refractivity contribution in [3.63, 3.8) is 0 Å². The molecule has 0 aliphatic rings. The van der Waals surface area contributed by atoms with E-state index in [-0.39, 0.29) is 5.97 Å². The molecule has 3 unspecified atom stereocenters. The molecule has 4 nitrogen and oxygen atoms in total. The van der Waals surface area contributed by atoms with Gasteiger partial charge in [0, 0.05) is 6.42 Å². The molecule has 2 N–H and O–H groups in total. The van der Waals surface area contributed by atoms with Crippen molar-refractivity contribution in [2.24, 2.45) is 5.92 Å². The number of carbonyl (C=O) groups is 1. The van der Waals surface area contributed by atoms with Crippen LogP contribution in [0.1, 0.15) is 124 Å². The first-order valence-corrected chi connectivity index (χ1v) is 12.5. The molecule has 4 heteroatoms. The van der Waals surface area contributed by atoms with E-state index in [2.05, 4.69) is 26.8 Å². The Bertz CT molecular complexity index is 431. The number of ether oxygens (including phenoxy) is 1. The van der Waals surface area contributed by atoms with E-state index in [1.165, 1.54) is 37.7 Å². The summed E-state index contributed by atoms with van der Waals surface area (Å²) in [6.45, 7) is 8.86. The highest BCUT2D eigenvalue weighted by Crippen LogP contribution is 2.16. The van der Waals surface area contributed by atoms with Crippen LogP contribution in [0.5, 0.6) is 0 Å². The van der Waals surface area contributed by atoms with Crippen molar-refractivity contribution < 1.29 is 19.7 Å². The van der Waals surface area contributed by atoms with Crippen LogP contribution >= 0.6 is 0 Å². The number of hydrogen-bond donors (Lipinski definition) is 2. The van der Waals surface area contributed by atoms with Crippen molar-refractivity contribution >= 4 is 5.97 Å². The third-order valence-corrected chi connectivity index (χ3v) is 5.88. The van der Waals surface area contributed by atoms with E-state index in [1.54, 1.807) is 6.92 Å². The first-order chi connectivity index (χ1) is 14.4. The number of unbranched alkanes of at least 4 members (excludes halogenated alkanes) is 7. The molecule has 30 heavy (non-hydrogen) atoms. The average molecular weight is 427 g/mol. The second-order valence-corrected chi connectivity index (χ2v) is 9.17. The van der Waals surface area contributed by atoms with Gasteiger partial charge < -0.3 is 14.9 Å². The van der Waals surface area contributed by atoms with Gasteiger partial charge in [0.25, 0.3) is 0 Å². The van der Waals surface area contributed by atoms with Gasteiger partial charge in [-0.2, -0.15) is 0 Å². The number of aliphatic hydroxyl groups is 2. The normalized spacial score (nSPS) is 15.1. The molecule has 0 aromatic carbocycles. The quantitative estimate of drug-likeness (QED) is 0.129. The molecule has 0 aliphatic heterocycles. The van der Waals surface area contributed by atoms with E-state index in [0.29, 0.717) is 25.4 Å². The first kappa shape index (κ1) is 29.1. The van der Waals surface area contributed by atoms with Gasteiger partial charge in [0.15, 0.2) is 0 Å². The smallest absolute Gasteiger partial charge is 0.305 e. The lowest BCUT2D eigenvalue weighted by Gasteiger charge is -2.12. The fourth-order valence-electron chi connectivity index (χ4n) is 3.52. The molecule has 0 amide bonds. The first-order valence-electron chi connectivity index (χ1n) is 12.5. The summed E-state index contributed by atoms with van der Waals surface area (Å²) >= 11 is 0. The van der Waals surface area contributed by atoms with Gasteiger partial charge in [-0.05, 0) is 64.7 Å². The lowest BCUT2D eigenvalue weighted by molar-refractivity contribution is -0.144. The Kier molecular flexibility index (Phi) is 19.5. The van der Waals surface area contributed by atoms with Crippen LogP contribution in [0.2, 0.25) is 0 Å². The van der Waals surface area contributed by atoms with Gasteiger partial charge in [-0.1, -0.05) is 70.4 Å². The SMILES string of the molecule is CCCCC(C)=CCCC(C)CCC(=O)OCCCCCCCCCC(O)C(C)O. The molecule has 178 valence electrons. The zero-order chi connectivity index (χ0) is 22.6. The second kappa shape index (κ2) is 20.1. The molecule has 0 spiro atoms. The Balaban J connectivity index is 3.49. The van der Waals surface area contributed by atoms with Crippen LogP contribution in [0.15, 0.2) is 11.6 Å². The number of allylic oxidation sites excluding steroid dienone is 2. The van der Waals surface area contributed by atoms with Crippen LogP contribution in [0.4, 0.5) is 0 Å². The molecule has 0 radical (unpaired) electrons. The van der Waals surface area contributed by atoms with Crippen LogP contribution in [-0.2, 0) is 9.53 Å². The van der Waals surface area contributed by atoms with Crippen LogP contribution < -0.4 is 0 Å². The summed E-state index contributed by atoms with van der Waals surface area (Å²) in [5, 5.41) is 18.8. The van der Waals surface area contributed by atoms with Crippen molar-refractivity contribution in [1.29, 1.82) is 0 Å². The molecule has 0 fully saturated rings. The summed E-state index contributed by atoms with van der Waals surface area (Å²) in [7, 11) is 0. The van der Waals surface area contributed by atoms with E-state index in [4.69, 9.17) is 4.74 Å². The molecule has 0 heterocycles. The standard InChI is InChI=1S/C26H50O4/c1-5-6-15-22(2)16-14-17-23(3)19-20-26(29)30-21-13-11-9-7-8-10-12-18-25(28)24(4)27/h16,23-25,27-28H,5-15,17-21H2,1-4H3. The number of rotatable bonds is 20. The summed E-state index contributed by atoms with van der Waals surface area (Å²) in [6, 6.07) is 0. The predicted molar refractivity (Wildman–Crippen MR) is 126 cm³/mol. The Morgan fingerprint density at radius 2 is 1.50 bits per heavy atom. The van der Waals surface area contributed by atoms with E-state index in [9.17, 15) is 15.0 Å². The second-order valence-electron chi connectivity index (χ2n) is 9.17. The van der Waals surface area contributed by atoms with Gasteiger partial charge in [-0.15, -0.1) is 0 Å².